The van der Waals surface area contributed by atoms with E-state index in [2.05, 4.69) is 4.98 Å². The van der Waals surface area contributed by atoms with Gasteiger partial charge in [0.25, 0.3) is 0 Å². The molecule has 1 aromatic heterocycles. The zero-order valence-corrected chi connectivity index (χ0v) is 8.78. The summed E-state index contributed by atoms with van der Waals surface area (Å²) < 4.78 is 0. The molecule has 2 N–H and O–H groups in total. The Morgan fingerprint density at radius 2 is 2.31 bits per heavy atom. The van der Waals surface area contributed by atoms with Gasteiger partial charge in [-0.05, 0) is 18.6 Å². The van der Waals surface area contributed by atoms with Crippen LogP contribution in [0.1, 0.15) is 12.8 Å². The van der Waals surface area contributed by atoms with Crippen LogP contribution in [0.2, 0.25) is 0 Å². The molecule has 0 amide bonds. The monoisotopic (exact) mass is 222 g/mol. The van der Waals surface area contributed by atoms with Gasteiger partial charge >= 0.3 is 5.97 Å². The van der Waals surface area contributed by atoms with Crippen LogP contribution in [0.4, 0.5) is 5.82 Å². The van der Waals surface area contributed by atoms with Crippen molar-refractivity contribution < 1.29 is 15.0 Å². The molecule has 0 aliphatic carbocycles. The van der Waals surface area contributed by atoms with E-state index in [1.54, 1.807) is 23.2 Å². The van der Waals surface area contributed by atoms with Crippen molar-refractivity contribution in [2.24, 2.45) is 0 Å². The van der Waals surface area contributed by atoms with Crippen molar-refractivity contribution in [2.45, 2.75) is 25.0 Å². The third-order valence-corrected chi connectivity index (χ3v) is 2.80. The van der Waals surface area contributed by atoms with Crippen molar-refractivity contribution >= 4 is 11.8 Å². The second-order valence-electron chi connectivity index (χ2n) is 3.91. The molecule has 1 fully saturated rings. The van der Waals surface area contributed by atoms with Gasteiger partial charge in [0, 0.05) is 19.2 Å². The molecule has 1 aliphatic rings. The lowest BCUT2D eigenvalue weighted by atomic mass is 9.99. The molecule has 5 nitrogen and oxygen atoms in total. The number of nitrogens with zero attached hydrogens (tertiary/aromatic N) is 2. The van der Waals surface area contributed by atoms with Gasteiger partial charge in [-0.3, -0.25) is 0 Å². The minimum absolute atomic E-state index is 0.256. The second-order valence-corrected chi connectivity index (χ2v) is 3.91. The summed E-state index contributed by atoms with van der Waals surface area (Å²) in [5.41, 5.74) is 0. The van der Waals surface area contributed by atoms with E-state index in [9.17, 15) is 9.90 Å². The number of carboxylic acids is 1. The molecule has 0 bridgehead atoms. The molecule has 5 heteroatoms. The number of carbonyl (C=O) groups is 1. The molecule has 1 aliphatic heterocycles. The van der Waals surface area contributed by atoms with E-state index < -0.39 is 18.1 Å². The van der Waals surface area contributed by atoms with Crippen molar-refractivity contribution in [3.8, 4) is 0 Å². The standard InChI is InChI=1S/C11H14N2O3/c14-8-4-6-13(9(7-8)11(15)16)10-3-1-2-5-12-10/h1-3,5,8-9,14H,4,6-7H2,(H,15,16). The average Bonchev–Trinajstić information content (AvgIpc) is 2.30. The molecule has 0 spiro atoms. The molecule has 2 rings (SSSR count). The topological polar surface area (TPSA) is 73.7 Å². The summed E-state index contributed by atoms with van der Waals surface area (Å²) in [6.45, 7) is 0.523. The second kappa shape index (κ2) is 4.49. The number of anilines is 1. The predicted octanol–water partition coefficient (Wildman–Crippen LogP) is 0.496. The summed E-state index contributed by atoms with van der Waals surface area (Å²) in [6.07, 6.45) is 1.95. The third-order valence-electron chi connectivity index (χ3n) is 2.80. The minimum atomic E-state index is -0.913. The van der Waals surface area contributed by atoms with Crippen molar-refractivity contribution in [3.63, 3.8) is 0 Å². The van der Waals surface area contributed by atoms with Crippen LogP contribution in [-0.4, -0.2) is 39.9 Å². The lowest BCUT2D eigenvalue weighted by molar-refractivity contribution is -0.140. The van der Waals surface area contributed by atoms with Crippen LogP contribution < -0.4 is 4.90 Å². The van der Waals surface area contributed by atoms with Crippen LogP contribution in [-0.2, 0) is 4.79 Å². The van der Waals surface area contributed by atoms with Crippen LogP contribution in [0.15, 0.2) is 24.4 Å². The number of rotatable bonds is 2. The number of pyridine rings is 1. The number of aliphatic carboxylic acids is 1. The van der Waals surface area contributed by atoms with Crippen LogP contribution in [0.3, 0.4) is 0 Å². The Kier molecular flexibility index (Phi) is 3.05. The van der Waals surface area contributed by atoms with Gasteiger partial charge in [-0.2, -0.15) is 0 Å². The van der Waals surface area contributed by atoms with E-state index in [0.29, 0.717) is 18.8 Å². The summed E-state index contributed by atoms with van der Waals surface area (Å²) >= 11 is 0. The number of aliphatic hydroxyl groups excluding tert-OH is 1. The quantitative estimate of drug-likeness (QED) is 0.762. The lowest BCUT2D eigenvalue weighted by Gasteiger charge is -2.36. The molecule has 16 heavy (non-hydrogen) atoms. The van der Waals surface area contributed by atoms with Gasteiger partial charge in [0.1, 0.15) is 11.9 Å². The first-order valence-corrected chi connectivity index (χ1v) is 5.27. The lowest BCUT2D eigenvalue weighted by Crippen LogP contribution is -2.49. The molecule has 2 unspecified atom stereocenters. The van der Waals surface area contributed by atoms with Crippen molar-refractivity contribution in [1.29, 1.82) is 0 Å². The van der Waals surface area contributed by atoms with E-state index in [4.69, 9.17) is 5.11 Å². The van der Waals surface area contributed by atoms with E-state index in [1.807, 2.05) is 6.07 Å². The largest absolute Gasteiger partial charge is 0.480 e. The number of carboxylic acid groups (broad SMARTS) is 1. The summed E-state index contributed by atoms with van der Waals surface area (Å²) in [6, 6.07) is 4.72. The highest BCUT2D eigenvalue weighted by atomic mass is 16.4. The number of aliphatic hydroxyl groups is 1. The van der Waals surface area contributed by atoms with Crippen LogP contribution in [0.5, 0.6) is 0 Å². The molecular weight excluding hydrogens is 208 g/mol. The summed E-state index contributed by atoms with van der Waals surface area (Å²) in [5, 5.41) is 18.6. The maximum atomic E-state index is 11.1. The Morgan fingerprint density at radius 1 is 1.50 bits per heavy atom. The van der Waals surface area contributed by atoms with Gasteiger partial charge in [-0.15, -0.1) is 0 Å². The van der Waals surface area contributed by atoms with Crippen LogP contribution >= 0.6 is 0 Å². The Labute approximate surface area is 93.3 Å². The molecule has 0 radical (unpaired) electrons. The average molecular weight is 222 g/mol. The van der Waals surface area contributed by atoms with E-state index in [1.165, 1.54) is 0 Å². The molecule has 2 heterocycles. The van der Waals surface area contributed by atoms with E-state index >= 15 is 0 Å². The Balaban J connectivity index is 2.22. The molecule has 1 saturated heterocycles. The fraction of sp³-hybridized carbons (Fsp3) is 0.455. The summed E-state index contributed by atoms with van der Waals surface area (Å²) in [5.74, 6) is -0.258. The van der Waals surface area contributed by atoms with Crippen LogP contribution in [0.25, 0.3) is 0 Å². The summed E-state index contributed by atoms with van der Waals surface area (Å²) in [4.78, 5) is 17.0. The normalized spacial score (nSPS) is 25.4. The first kappa shape index (κ1) is 10.9. The van der Waals surface area contributed by atoms with Crippen molar-refractivity contribution in [1.82, 2.24) is 4.98 Å². The van der Waals surface area contributed by atoms with E-state index in [-0.39, 0.29) is 6.42 Å². The maximum Gasteiger partial charge on any atom is 0.326 e. The Bertz CT molecular complexity index is 369. The van der Waals surface area contributed by atoms with Gasteiger partial charge in [-0.25, -0.2) is 9.78 Å². The number of hydrogen-bond donors (Lipinski definition) is 2. The molecule has 0 saturated carbocycles. The Hall–Kier alpha value is -1.62. The smallest absolute Gasteiger partial charge is 0.326 e. The molecule has 86 valence electrons. The summed E-state index contributed by atoms with van der Waals surface area (Å²) in [7, 11) is 0. The van der Waals surface area contributed by atoms with Crippen LogP contribution in [0, 0.1) is 0 Å². The molecule has 2 atom stereocenters. The van der Waals surface area contributed by atoms with Gasteiger partial charge in [0.2, 0.25) is 0 Å². The number of hydrogen-bond acceptors (Lipinski definition) is 4. The first-order valence-electron chi connectivity index (χ1n) is 5.27. The van der Waals surface area contributed by atoms with Crippen molar-refractivity contribution in [3.05, 3.63) is 24.4 Å². The van der Waals surface area contributed by atoms with E-state index in [0.717, 1.165) is 0 Å². The maximum absolute atomic E-state index is 11.1. The number of piperidine rings is 1. The molecular formula is C11H14N2O3. The zero-order valence-electron chi connectivity index (χ0n) is 8.78. The fourth-order valence-corrected chi connectivity index (χ4v) is 1.98. The number of aromatic nitrogens is 1. The Morgan fingerprint density at radius 3 is 2.94 bits per heavy atom. The highest BCUT2D eigenvalue weighted by Crippen LogP contribution is 2.23. The van der Waals surface area contributed by atoms with Gasteiger partial charge < -0.3 is 15.1 Å². The highest BCUT2D eigenvalue weighted by molar-refractivity contribution is 5.78. The minimum Gasteiger partial charge on any atom is -0.480 e. The van der Waals surface area contributed by atoms with Gasteiger partial charge in [-0.1, -0.05) is 6.07 Å². The molecule has 1 aromatic rings. The van der Waals surface area contributed by atoms with Gasteiger partial charge in [0.05, 0.1) is 6.10 Å². The molecule has 0 aromatic carbocycles. The van der Waals surface area contributed by atoms with Gasteiger partial charge in [0.15, 0.2) is 0 Å². The SMILES string of the molecule is O=C(O)C1CC(O)CCN1c1ccccn1. The first-order chi connectivity index (χ1) is 7.68. The van der Waals surface area contributed by atoms with Crippen molar-refractivity contribution in [2.75, 3.05) is 11.4 Å². The predicted molar refractivity (Wildman–Crippen MR) is 58.2 cm³/mol. The highest BCUT2D eigenvalue weighted by Gasteiger charge is 2.33. The zero-order chi connectivity index (χ0) is 11.5. The fourth-order valence-electron chi connectivity index (χ4n) is 1.98. The third kappa shape index (κ3) is 2.14.